The van der Waals surface area contributed by atoms with Gasteiger partial charge in [-0.3, -0.25) is 10.1 Å². The van der Waals surface area contributed by atoms with Crippen LogP contribution in [-0.2, 0) is 0 Å². The topological polar surface area (TPSA) is 42.0 Å². The Kier molecular flexibility index (Phi) is 3.06. The van der Waals surface area contributed by atoms with Gasteiger partial charge in [0.25, 0.3) is 5.91 Å². The molecule has 1 aromatic heterocycles. The molecule has 5 heteroatoms. The number of nitrogens with one attached hydrogen (secondary N) is 1. The van der Waals surface area contributed by atoms with Crippen molar-refractivity contribution in [2.75, 3.05) is 5.32 Å². The van der Waals surface area contributed by atoms with E-state index in [1.807, 2.05) is 5.38 Å². The van der Waals surface area contributed by atoms with Gasteiger partial charge in [-0.25, -0.2) is 9.37 Å². The minimum atomic E-state index is -0.304. The van der Waals surface area contributed by atoms with E-state index in [-0.39, 0.29) is 11.7 Å². The van der Waals surface area contributed by atoms with Gasteiger partial charge >= 0.3 is 0 Å². The first-order valence-corrected chi connectivity index (χ1v) is 7.04. The van der Waals surface area contributed by atoms with Crippen LogP contribution >= 0.6 is 11.3 Å². The van der Waals surface area contributed by atoms with Gasteiger partial charge < -0.3 is 0 Å². The van der Waals surface area contributed by atoms with Crippen molar-refractivity contribution in [1.82, 2.24) is 4.98 Å². The molecule has 1 amide bonds. The summed E-state index contributed by atoms with van der Waals surface area (Å²) in [6, 6.07) is 4.33. The molecule has 1 fully saturated rings. The van der Waals surface area contributed by atoms with E-state index >= 15 is 0 Å². The number of carbonyl (C=O) groups excluding carboxylic acids is 1. The van der Waals surface area contributed by atoms with Crippen molar-refractivity contribution >= 4 is 22.4 Å². The maximum Gasteiger partial charge on any atom is 0.257 e. The van der Waals surface area contributed by atoms with Crippen LogP contribution in [0.25, 0.3) is 0 Å². The molecule has 3 rings (SSSR count). The minimum Gasteiger partial charge on any atom is -0.298 e. The lowest BCUT2D eigenvalue weighted by Gasteiger charge is -2.03. The lowest BCUT2D eigenvalue weighted by atomic mass is 10.1. The van der Waals surface area contributed by atoms with Gasteiger partial charge in [0.05, 0.1) is 5.69 Å². The smallest absolute Gasteiger partial charge is 0.257 e. The predicted octanol–water partition coefficient (Wildman–Crippen LogP) is 3.72. The molecule has 2 aromatic rings. The third kappa shape index (κ3) is 2.66. The van der Waals surface area contributed by atoms with Crippen LogP contribution in [0, 0.1) is 12.7 Å². The number of halogens is 1. The van der Waals surface area contributed by atoms with Gasteiger partial charge in [-0.1, -0.05) is 0 Å². The van der Waals surface area contributed by atoms with Crippen LogP contribution in [0.2, 0.25) is 0 Å². The second-order valence-corrected chi connectivity index (χ2v) is 5.63. The predicted molar refractivity (Wildman–Crippen MR) is 73.2 cm³/mol. The number of thiazole rings is 1. The number of nitrogens with zero attached hydrogens (tertiary/aromatic N) is 1. The highest BCUT2D eigenvalue weighted by molar-refractivity contribution is 7.14. The Balaban J connectivity index is 1.74. The van der Waals surface area contributed by atoms with Gasteiger partial charge in [0.2, 0.25) is 0 Å². The molecule has 1 saturated carbocycles. The van der Waals surface area contributed by atoms with Crippen molar-refractivity contribution in [3.05, 3.63) is 46.2 Å². The van der Waals surface area contributed by atoms with E-state index < -0.39 is 0 Å². The van der Waals surface area contributed by atoms with Crippen LogP contribution in [-0.4, -0.2) is 10.9 Å². The van der Waals surface area contributed by atoms with E-state index in [9.17, 15) is 9.18 Å². The average molecular weight is 276 g/mol. The van der Waals surface area contributed by atoms with E-state index in [4.69, 9.17) is 0 Å². The first kappa shape index (κ1) is 12.3. The highest BCUT2D eigenvalue weighted by Gasteiger charge is 2.26. The molecular weight excluding hydrogens is 263 g/mol. The van der Waals surface area contributed by atoms with Crippen LogP contribution in [0.4, 0.5) is 9.52 Å². The Hall–Kier alpha value is -1.75. The summed E-state index contributed by atoms with van der Waals surface area (Å²) in [6.45, 7) is 1.64. The molecule has 0 radical (unpaired) electrons. The van der Waals surface area contributed by atoms with Crippen molar-refractivity contribution in [2.24, 2.45) is 0 Å². The van der Waals surface area contributed by atoms with Crippen molar-refractivity contribution in [2.45, 2.75) is 25.7 Å². The van der Waals surface area contributed by atoms with Crippen LogP contribution in [0.1, 0.15) is 40.4 Å². The van der Waals surface area contributed by atoms with Gasteiger partial charge in [-0.2, -0.15) is 0 Å². The maximum atomic E-state index is 13.1. The molecule has 0 atom stereocenters. The Labute approximate surface area is 114 Å². The summed E-state index contributed by atoms with van der Waals surface area (Å²) >= 11 is 1.43. The summed E-state index contributed by atoms with van der Waals surface area (Å²) in [5.41, 5.74) is 1.98. The summed E-state index contributed by atoms with van der Waals surface area (Å²) in [5, 5.41) is 5.35. The van der Waals surface area contributed by atoms with Gasteiger partial charge in [-0.15, -0.1) is 11.3 Å². The van der Waals surface area contributed by atoms with Gasteiger partial charge in [0.1, 0.15) is 5.82 Å². The van der Waals surface area contributed by atoms with Crippen LogP contribution in [0.5, 0.6) is 0 Å². The molecule has 1 aliphatic carbocycles. The molecule has 98 valence electrons. The highest BCUT2D eigenvalue weighted by atomic mass is 32.1. The number of benzene rings is 1. The largest absolute Gasteiger partial charge is 0.298 e. The first-order chi connectivity index (χ1) is 9.13. The number of aromatic nitrogens is 1. The zero-order valence-corrected chi connectivity index (χ0v) is 11.3. The third-order valence-electron chi connectivity index (χ3n) is 3.16. The number of amides is 1. The summed E-state index contributed by atoms with van der Waals surface area (Å²) in [4.78, 5) is 16.4. The monoisotopic (exact) mass is 276 g/mol. The van der Waals surface area contributed by atoms with Crippen LogP contribution in [0.3, 0.4) is 0 Å². The number of aryl methyl sites for hydroxylation is 1. The van der Waals surface area contributed by atoms with E-state index in [0.29, 0.717) is 22.2 Å². The Morgan fingerprint density at radius 3 is 2.95 bits per heavy atom. The lowest BCUT2D eigenvalue weighted by Crippen LogP contribution is -2.12. The van der Waals surface area contributed by atoms with Crippen LogP contribution in [0.15, 0.2) is 23.6 Å². The molecule has 1 aromatic carbocycles. The molecule has 0 aliphatic heterocycles. The number of hydrogen-bond donors (Lipinski definition) is 1. The van der Waals surface area contributed by atoms with Crippen molar-refractivity contribution in [3.8, 4) is 0 Å². The molecule has 1 heterocycles. The average Bonchev–Trinajstić information content (AvgIpc) is 3.14. The molecular formula is C14H13FN2OS. The minimum absolute atomic E-state index is 0.250. The Bertz CT molecular complexity index is 634. The first-order valence-electron chi connectivity index (χ1n) is 6.16. The zero-order chi connectivity index (χ0) is 13.4. The van der Waals surface area contributed by atoms with E-state index in [1.54, 1.807) is 13.0 Å². The van der Waals surface area contributed by atoms with Gasteiger partial charge in [0, 0.05) is 16.9 Å². The fraction of sp³-hybridized carbons (Fsp3) is 0.286. The van der Waals surface area contributed by atoms with Gasteiger partial charge in [0.15, 0.2) is 5.13 Å². The standard InChI is InChI=1S/C14H13FN2OS/c1-8-6-10(4-5-11(8)15)13(18)17-14-16-12(7-19-14)9-2-3-9/h4-7,9H,2-3H2,1H3,(H,16,17,18). The second kappa shape index (κ2) is 4.74. The molecule has 1 aliphatic rings. The normalized spacial score (nSPS) is 14.4. The third-order valence-corrected chi connectivity index (χ3v) is 3.93. The lowest BCUT2D eigenvalue weighted by molar-refractivity contribution is 0.102. The SMILES string of the molecule is Cc1cc(C(=O)Nc2nc(C3CC3)cs2)ccc1F. The fourth-order valence-electron chi connectivity index (χ4n) is 1.87. The number of rotatable bonds is 3. The molecule has 19 heavy (non-hydrogen) atoms. The van der Waals surface area contributed by atoms with E-state index in [0.717, 1.165) is 5.69 Å². The quantitative estimate of drug-likeness (QED) is 0.928. The summed E-state index contributed by atoms with van der Waals surface area (Å²) in [6.07, 6.45) is 2.38. The summed E-state index contributed by atoms with van der Waals surface area (Å²) in [5.74, 6) is 0.0246. The van der Waals surface area contributed by atoms with Crippen molar-refractivity contribution < 1.29 is 9.18 Å². The fourth-order valence-corrected chi connectivity index (χ4v) is 2.65. The van der Waals surface area contributed by atoms with Crippen molar-refractivity contribution in [1.29, 1.82) is 0 Å². The van der Waals surface area contributed by atoms with E-state index in [1.165, 1.54) is 36.3 Å². The number of anilines is 1. The highest BCUT2D eigenvalue weighted by Crippen LogP contribution is 2.40. The zero-order valence-electron chi connectivity index (χ0n) is 10.4. The molecule has 3 nitrogen and oxygen atoms in total. The van der Waals surface area contributed by atoms with Crippen LogP contribution < -0.4 is 5.32 Å². The number of carbonyl (C=O) groups is 1. The molecule has 0 saturated heterocycles. The Morgan fingerprint density at radius 1 is 1.47 bits per heavy atom. The summed E-state index contributed by atoms with van der Waals surface area (Å²) < 4.78 is 13.1. The molecule has 1 N–H and O–H groups in total. The second-order valence-electron chi connectivity index (χ2n) is 4.77. The number of hydrogen-bond acceptors (Lipinski definition) is 3. The molecule has 0 unspecified atom stereocenters. The maximum absolute atomic E-state index is 13.1. The molecule has 0 bridgehead atoms. The summed E-state index contributed by atoms with van der Waals surface area (Å²) in [7, 11) is 0. The van der Waals surface area contributed by atoms with E-state index in [2.05, 4.69) is 10.3 Å². The molecule has 0 spiro atoms. The van der Waals surface area contributed by atoms with Gasteiger partial charge in [-0.05, 0) is 43.5 Å². The van der Waals surface area contributed by atoms with Crippen molar-refractivity contribution in [3.63, 3.8) is 0 Å². The Morgan fingerprint density at radius 2 is 2.26 bits per heavy atom.